The number of methoxy groups -OCH3 is 1. The van der Waals surface area contributed by atoms with Crippen LogP contribution in [0.25, 0.3) is 32.1 Å². The average Bonchev–Trinajstić information content (AvgIpc) is 3.67. The lowest BCUT2D eigenvalue weighted by Gasteiger charge is -2.29. The van der Waals surface area contributed by atoms with Gasteiger partial charge in [0.1, 0.15) is 40.0 Å². The van der Waals surface area contributed by atoms with Crippen LogP contribution in [0.15, 0.2) is 18.2 Å². The molecule has 0 aliphatic carbocycles. The van der Waals surface area contributed by atoms with E-state index in [0.717, 1.165) is 25.1 Å². The fraction of sp³-hybridized carbons (Fsp3) is 0.469. The average molecular weight is 695 g/mol. The number of hydrogen-bond donors (Lipinski definition) is 2. The fourth-order valence-electron chi connectivity index (χ4n) is 6.73. The zero-order chi connectivity index (χ0) is 34.5. The second-order valence-corrected chi connectivity index (χ2v) is 13.4. The third-order valence-corrected chi connectivity index (χ3v) is 9.81. The van der Waals surface area contributed by atoms with Crippen molar-refractivity contribution in [3.63, 3.8) is 0 Å². The van der Waals surface area contributed by atoms with E-state index >= 15 is 4.39 Å². The molecule has 9 nitrogen and oxygen atoms in total. The van der Waals surface area contributed by atoms with Crippen LogP contribution < -0.4 is 15.4 Å². The Morgan fingerprint density at radius 1 is 1.23 bits per heavy atom. The van der Waals surface area contributed by atoms with Gasteiger partial charge in [-0.25, -0.2) is 13.2 Å². The van der Waals surface area contributed by atoms with Gasteiger partial charge in [-0.2, -0.15) is 28.4 Å². The van der Waals surface area contributed by atoms with E-state index in [1.54, 1.807) is 6.07 Å². The minimum Gasteiger partial charge on any atom is -0.467 e. The van der Waals surface area contributed by atoms with Crippen molar-refractivity contribution in [2.24, 2.45) is 0 Å². The Kier molecular flexibility index (Phi) is 9.09. The van der Waals surface area contributed by atoms with Crippen molar-refractivity contribution in [1.29, 1.82) is 5.26 Å². The van der Waals surface area contributed by atoms with Crippen molar-refractivity contribution < 1.29 is 40.9 Å². The molecule has 0 radical (unpaired) electrons. The van der Waals surface area contributed by atoms with Gasteiger partial charge in [-0.3, -0.25) is 4.90 Å². The Balaban J connectivity index is 0.000000381. The number of alkyl halides is 4. The number of anilines is 2. The van der Waals surface area contributed by atoms with Gasteiger partial charge < -0.3 is 25.2 Å². The first-order chi connectivity index (χ1) is 22.7. The summed E-state index contributed by atoms with van der Waals surface area (Å²) in [5.41, 5.74) is 1.04. The van der Waals surface area contributed by atoms with E-state index in [9.17, 15) is 32.3 Å². The van der Waals surface area contributed by atoms with Gasteiger partial charge in [-0.05, 0) is 50.4 Å². The molecule has 2 aromatic heterocycles. The third-order valence-electron chi connectivity index (χ3n) is 8.79. The third kappa shape index (κ3) is 6.31. The van der Waals surface area contributed by atoms with Crippen LogP contribution >= 0.6 is 11.3 Å². The topological polar surface area (TPSA) is 121 Å². The number of hydrogen-bond acceptors (Lipinski definition) is 10. The molecule has 0 amide bonds. The molecule has 0 bridgehead atoms. The summed E-state index contributed by atoms with van der Waals surface area (Å²) in [6.07, 6.45) is -2.27. The van der Waals surface area contributed by atoms with Gasteiger partial charge in [-0.15, -0.1) is 11.3 Å². The summed E-state index contributed by atoms with van der Waals surface area (Å²) in [7, 11) is 1.21. The number of nitriles is 1. The van der Waals surface area contributed by atoms with E-state index in [0.29, 0.717) is 30.0 Å². The molecule has 3 saturated heterocycles. The van der Waals surface area contributed by atoms with Crippen LogP contribution in [-0.4, -0.2) is 84.3 Å². The molecule has 0 saturated carbocycles. The van der Waals surface area contributed by atoms with Crippen LogP contribution in [0.2, 0.25) is 0 Å². The number of thiophene rings is 1. The second kappa shape index (κ2) is 12.8. The van der Waals surface area contributed by atoms with Crippen LogP contribution in [0, 0.1) is 23.0 Å². The number of benzene rings is 2. The zero-order valence-corrected chi connectivity index (χ0v) is 26.8. The van der Waals surface area contributed by atoms with Crippen molar-refractivity contribution in [3.05, 3.63) is 41.0 Å². The van der Waals surface area contributed by atoms with Gasteiger partial charge >= 0.3 is 12.2 Å². The lowest BCUT2D eigenvalue weighted by molar-refractivity contribution is -0.137. The Morgan fingerprint density at radius 3 is 2.69 bits per heavy atom. The second-order valence-electron chi connectivity index (χ2n) is 12.4. The minimum absolute atomic E-state index is 0.0263. The predicted octanol–water partition coefficient (Wildman–Crippen LogP) is 6.05. The Bertz CT molecular complexity index is 1900. The van der Waals surface area contributed by atoms with Gasteiger partial charge in [0.25, 0.3) is 0 Å². The maximum atomic E-state index is 16.4. The van der Waals surface area contributed by atoms with E-state index in [1.807, 2.05) is 0 Å². The van der Waals surface area contributed by atoms with Crippen molar-refractivity contribution in [3.8, 4) is 23.2 Å². The van der Waals surface area contributed by atoms with Crippen molar-refractivity contribution in [1.82, 2.24) is 14.9 Å². The molecular weight excluding hydrogens is 662 g/mol. The Labute approximate surface area is 275 Å². The standard InChI is InChI=1S/C25H20F5N5O3S.C7H12FN/c1-24(36)9-35(5-6-38-10-24)22-12-7-14(25(28,29)30)17(18(27)19(12)33-23(34-22)37-2)11-3-4-15(26)20-16(11)13(8-31)21(32)39-20;8-6-4-7-2-1-3-9(7)5-6/h3-4,7,36H,5-6,9-10,32H2,1-2H3;6-7H,1-5H2. The fourth-order valence-corrected chi connectivity index (χ4v) is 7.68. The first kappa shape index (κ1) is 34.0. The van der Waals surface area contributed by atoms with Crippen LogP contribution in [0.1, 0.15) is 37.3 Å². The molecule has 16 heteroatoms. The van der Waals surface area contributed by atoms with Crippen LogP contribution in [0.3, 0.4) is 0 Å². The van der Waals surface area contributed by atoms with Crippen LogP contribution in [0.4, 0.5) is 37.2 Å². The summed E-state index contributed by atoms with van der Waals surface area (Å²) >= 11 is 0.679. The first-order valence-corrected chi connectivity index (χ1v) is 16.0. The number of aromatic nitrogens is 2. The Hall–Kier alpha value is -3.91. The number of rotatable bonds is 3. The lowest BCUT2D eigenvalue weighted by Crippen LogP contribution is -2.42. The van der Waals surface area contributed by atoms with Crippen LogP contribution in [0.5, 0.6) is 6.01 Å². The number of nitrogens with zero attached hydrogens (tertiary/aromatic N) is 5. The lowest BCUT2D eigenvalue weighted by atomic mass is 9.92. The van der Waals surface area contributed by atoms with Crippen LogP contribution in [-0.2, 0) is 10.9 Å². The highest BCUT2D eigenvalue weighted by Crippen LogP contribution is 2.48. The van der Waals surface area contributed by atoms with Crippen molar-refractivity contribution >= 4 is 43.1 Å². The summed E-state index contributed by atoms with van der Waals surface area (Å²) in [4.78, 5) is 12.0. The maximum Gasteiger partial charge on any atom is 0.417 e. The maximum absolute atomic E-state index is 16.4. The molecule has 0 spiro atoms. The smallest absolute Gasteiger partial charge is 0.417 e. The molecule has 3 N–H and O–H groups in total. The molecule has 256 valence electrons. The predicted molar refractivity (Wildman–Crippen MR) is 169 cm³/mol. The number of halogens is 6. The SMILES string of the molecule is COc1nc(N2CCOCC(C)(O)C2)c2cc(C(F)(F)F)c(-c3ccc(F)c4sc(N)c(C#N)c34)c(F)c2n1.FC1CC2CCCN2C1. The molecule has 3 atom stereocenters. The molecule has 3 aliphatic rings. The van der Waals surface area contributed by atoms with Gasteiger partial charge in [0, 0.05) is 35.5 Å². The molecule has 3 aliphatic heterocycles. The highest BCUT2D eigenvalue weighted by atomic mass is 32.1. The van der Waals surface area contributed by atoms with Crippen molar-refractivity contribution in [2.75, 3.05) is 57.1 Å². The van der Waals surface area contributed by atoms with Gasteiger partial charge in [0.15, 0.2) is 5.82 Å². The normalized spacial score (nSPS) is 23.1. The van der Waals surface area contributed by atoms with Gasteiger partial charge in [0.05, 0.1) is 42.7 Å². The van der Waals surface area contributed by atoms with Gasteiger partial charge in [-0.1, -0.05) is 6.07 Å². The number of β-amino-alcohol motifs (C(OH)–C–C–N with tert-alkyl or cyclic N) is 1. The first-order valence-electron chi connectivity index (χ1n) is 15.2. The summed E-state index contributed by atoms with van der Waals surface area (Å²) in [6.45, 7) is 3.50. The Morgan fingerprint density at radius 2 is 2.00 bits per heavy atom. The summed E-state index contributed by atoms with van der Waals surface area (Å²) < 4.78 is 97.6. The molecule has 48 heavy (non-hydrogen) atoms. The number of nitrogen functional groups attached to an aromatic ring is 1. The van der Waals surface area contributed by atoms with E-state index < -0.39 is 46.2 Å². The molecule has 3 fully saturated rings. The molecular formula is C32H32F6N6O3S. The molecule has 4 aromatic rings. The number of nitrogens with two attached hydrogens (primary N) is 1. The zero-order valence-electron chi connectivity index (χ0n) is 26.0. The highest BCUT2D eigenvalue weighted by Gasteiger charge is 2.39. The minimum atomic E-state index is -5.08. The number of aliphatic hydroxyl groups is 1. The monoisotopic (exact) mass is 694 g/mol. The molecule has 2 aromatic carbocycles. The van der Waals surface area contributed by atoms with Gasteiger partial charge in [0.2, 0.25) is 0 Å². The molecule has 3 unspecified atom stereocenters. The molecule has 5 heterocycles. The largest absolute Gasteiger partial charge is 0.467 e. The number of fused-ring (bicyclic) bond motifs is 3. The van der Waals surface area contributed by atoms with E-state index in [-0.39, 0.29) is 69.7 Å². The van der Waals surface area contributed by atoms with E-state index in [1.165, 1.54) is 31.8 Å². The quantitative estimate of drug-likeness (QED) is 0.247. The van der Waals surface area contributed by atoms with E-state index in [4.69, 9.17) is 15.2 Å². The summed E-state index contributed by atoms with van der Waals surface area (Å²) in [6, 6.07) is 4.65. The summed E-state index contributed by atoms with van der Waals surface area (Å²) in [5, 5.41) is 19.6. The van der Waals surface area contributed by atoms with E-state index in [2.05, 4.69) is 14.9 Å². The highest BCUT2D eigenvalue weighted by molar-refractivity contribution is 7.23. The number of ether oxygens (including phenoxy) is 2. The molecule has 7 rings (SSSR count). The summed E-state index contributed by atoms with van der Waals surface area (Å²) in [5.74, 6) is -2.29. The van der Waals surface area contributed by atoms with Crippen molar-refractivity contribution in [2.45, 2.75) is 50.2 Å².